The molecule has 6 heteroatoms. The Bertz CT molecular complexity index is 673. The Hall–Kier alpha value is -1.04. The highest BCUT2D eigenvalue weighted by atomic mass is 35.5. The average molecular weight is 327 g/mol. The predicted octanol–water partition coefficient (Wildman–Crippen LogP) is 3.59. The van der Waals surface area contributed by atoms with Gasteiger partial charge in [0.25, 0.3) is 5.56 Å². The van der Waals surface area contributed by atoms with Gasteiger partial charge in [-0.3, -0.25) is 9.36 Å². The lowest BCUT2D eigenvalue weighted by Crippen LogP contribution is -2.25. The van der Waals surface area contributed by atoms with Crippen molar-refractivity contribution in [2.75, 3.05) is 19.5 Å². The smallest absolute Gasteiger partial charge is 0.262 e. The fourth-order valence-electron chi connectivity index (χ4n) is 1.97. The summed E-state index contributed by atoms with van der Waals surface area (Å²) < 4.78 is 6.79. The van der Waals surface area contributed by atoms with Crippen molar-refractivity contribution in [3.05, 3.63) is 33.6 Å². The second-order valence-electron chi connectivity index (χ2n) is 4.71. The number of hydrogen-bond donors (Lipinski definition) is 0. The maximum absolute atomic E-state index is 12.6. The van der Waals surface area contributed by atoms with E-state index in [0.29, 0.717) is 29.1 Å². The van der Waals surface area contributed by atoms with Crippen LogP contribution in [0.5, 0.6) is 0 Å². The molecule has 0 atom stereocenters. The van der Waals surface area contributed by atoms with Crippen LogP contribution in [0.3, 0.4) is 0 Å². The van der Waals surface area contributed by atoms with Crippen LogP contribution in [-0.4, -0.2) is 29.0 Å². The van der Waals surface area contributed by atoms with Crippen molar-refractivity contribution in [2.45, 2.75) is 31.5 Å². The molecule has 0 radical (unpaired) electrons. The summed E-state index contributed by atoms with van der Waals surface area (Å²) in [6.07, 6.45) is 2.22. The number of rotatable bonds is 7. The fraction of sp³-hybridized carbons (Fsp3) is 0.467. The van der Waals surface area contributed by atoms with Crippen LogP contribution < -0.4 is 5.56 Å². The van der Waals surface area contributed by atoms with Crippen LogP contribution in [0.1, 0.15) is 19.8 Å². The second-order valence-corrected chi connectivity index (χ2v) is 6.21. The quantitative estimate of drug-likeness (QED) is 0.443. The zero-order valence-corrected chi connectivity index (χ0v) is 13.8. The monoisotopic (exact) mass is 326 g/mol. The number of methoxy groups -OCH3 is 1. The molecule has 0 aliphatic carbocycles. The van der Waals surface area contributed by atoms with Gasteiger partial charge in [-0.15, -0.1) is 0 Å². The highest BCUT2D eigenvalue weighted by Crippen LogP contribution is 2.21. The van der Waals surface area contributed by atoms with Crippen LogP contribution in [0.2, 0.25) is 5.02 Å². The third-order valence-corrected chi connectivity index (χ3v) is 4.43. The van der Waals surface area contributed by atoms with Gasteiger partial charge in [0.2, 0.25) is 0 Å². The molecule has 0 amide bonds. The van der Waals surface area contributed by atoms with Gasteiger partial charge >= 0.3 is 0 Å². The maximum atomic E-state index is 12.6. The number of hydrogen-bond acceptors (Lipinski definition) is 4. The topological polar surface area (TPSA) is 44.1 Å². The molecule has 1 aromatic heterocycles. The maximum Gasteiger partial charge on any atom is 0.262 e. The van der Waals surface area contributed by atoms with Gasteiger partial charge in [0.15, 0.2) is 5.16 Å². The molecule has 21 heavy (non-hydrogen) atoms. The normalized spacial score (nSPS) is 11.2. The standard InChI is InChI=1S/C15H19ClN2O2S/c1-3-4-9-21-15-17-13-10-11(16)5-6-12(13)14(19)18(15)7-8-20-2/h5-6,10H,3-4,7-9H2,1-2H3. The molecule has 114 valence electrons. The van der Waals surface area contributed by atoms with Crippen molar-refractivity contribution in [1.82, 2.24) is 9.55 Å². The minimum absolute atomic E-state index is 0.0345. The molecular weight excluding hydrogens is 308 g/mol. The van der Waals surface area contributed by atoms with E-state index >= 15 is 0 Å². The Labute approximate surface area is 133 Å². The molecule has 2 rings (SSSR count). The first-order valence-electron chi connectivity index (χ1n) is 6.99. The van der Waals surface area contributed by atoms with E-state index in [1.807, 2.05) is 0 Å². The Kier molecular flexibility index (Phi) is 6.08. The van der Waals surface area contributed by atoms with Gasteiger partial charge in [-0.2, -0.15) is 0 Å². The third kappa shape index (κ3) is 3.99. The van der Waals surface area contributed by atoms with E-state index in [-0.39, 0.29) is 5.56 Å². The lowest BCUT2D eigenvalue weighted by molar-refractivity contribution is 0.183. The molecule has 4 nitrogen and oxygen atoms in total. The van der Waals surface area contributed by atoms with Crippen LogP contribution in [0.15, 0.2) is 28.2 Å². The number of unbranched alkanes of at least 4 members (excludes halogenated alkanes) is 1. The highest BCUT2D eigenvalue weighted by Gasteiger charge is 2.11. The van der Waals surface area contributed by atoms with Gasteiger partial charge in [-0.25, -0.2) is 4.98 Å². The first-order chi connectivity index (χ1) is 10.2. The summed E-state index contributed by atoms with van der Waals surface area (Å²) in [7, 11) is 1.63. The van der Waals surface area contributed by atoms with E-state index in [0.717, 1.165) is 23.8 Å². The Morgan fingerprint density at radius 1 is 1.43 bits per heavy atom. The SMILES string of the molecule is CCCCSc1nc2cc(Cl)ccc2c(=O)n1CCOC. The lowest BCUT2D eigenvalue weighted by atomic mass is 10.2. The number of nitrogens with zero attached hydrogens (tertiary/aromatic N) is 2. The number of thioether (sulfide) groups is 1. The number of benzene rings is 1. The first kappa shape index (κ1) is 16.3. The van der Waals surface area contributed by atoms with Crippen LogP contribution >= 0.6 is 23.4 Å². The van der Waals surface area contributed by atoms with Gasteiger partial charge in [0, 0.05) is 17.9 Å². The highest BCUT2D eigenvalue weighted by molar-refractivity contribution is 7.99. The molecule has 0 unspecified atom stereocenters. The van der Waals surface area contributed by atoms with Crippen LogP contribution in [-0.2, 0) is 11.3 Å². The molecule has 0 aliphatic rings. The van der Waals surface area contributed by atoms with E-state index < -0.39 is 0 Å². The van der Waals surface area contributed by atoms with Crippen molar-refractivity contribution in [2.24, 2.45) is 0 Å². The molecule has 0 N–H and O–H groups in total. The predicted molar refractivity (Wildman–Crippen MR) is 88.5 cm³/mol. The van der Waals surface area contributed by atoms with Gasteiger partial charge in [0.05, 0.1) is 24.1 Å². The molecule has 0 aliphatic heterocycles. The van der Waals surface area contributed by atoms with Crippen LogP contribution in [0.25, 0.3) is 10.9 Å². The van der Waals surface area contributed by atoms with Crippen molar-refractivity contribution in [3.8, 4) is 0 Å². The second kappa shape index (κ2) is 7.82. The molecule has 0 saturated heterocycles. The van der Waals surface area contributed by atoms with Crippen molar-refractivity contribution < 1.29 is 4.74 Å². The Balaban J connectivity index is 2.47. The molecule has 2 aromatic rings. The minimum Gasteiger partial charge on any atom is -0.383 e. The lowest BCUT2D eigenvalue weighted by Gasteiger charge is -2.12. The molecule has 0 fully saturated rings. The summed E-state index contributed by atoms with van der Waals surface area (Å²) in [6, 6.07) is 5.19. The fourth-order valence-corrected chi connectivity index (χ4v) is 3.25. The molecule has 1 heterocycles. The number of aromatic nitrogens is 2. The minimum atomic E-state index is -0.0345. The number of fused-ring (bicyclic) bond motifs is 1. The van der Waals surface area contributed by atoms with E-state index in [2.05, 4.69) is 11.9 Å². The molecular formula is C15H19ClN2O2S. The van der Waals surface area contributed by atoms with E-state index in [4.69, 9.17) is 16.3 Å². The van der Waals surface area contributed by atoms with E-state index in [9.17, 15) is 4.79 Å². The summed E-state index contributed by atoms with van der Waals surface area (Å²) in [6.45, 7) is 3.14. The first-order valence-corrected chi connectivity index (χ1v) is 8.35. The zero-order valence-electron chi connectivity index (χ0n) is 12.3. The molecule has 0 spiro atoms. The number of halogens is 1. The van der Waals surface area contributed by atoms with Crippen molar-refractivity contribution in [1.29, 1.82) is 0 Å². The average Bonchev–Trinajstić information content (AvgIpc) is 2.47. The zero-order chi connectivity index (χ0) is 15.2. The summed E-state index contributed by atoms with van der Waals surface area (Å²) in [5.74, 6) is 0.946. The van der Waals surface area contributed by atoms with Crippen LogP contribution in [0, 0.1) is 0 Å². The molecule has 1 aromatic carbocycles. The molecule has 0 saturated carbocycles. The Morgan fingerprint density at radius 2 is 2.24 bits per heavy atom. The van der Waals surface area contributed by atoms with Gasteiger partial charge in [-0.05, 0) is 24.6 Å². The third-order valence-electron chi connectivity index (χ3n) is 3.13. The van der Waals surface area contributed by atoms with E-state index in [1.54, 1.807) is 41.6 Å². The van der Waals surface area contributed by atoms with Gasteiger partial charge in [0.1, 0.15) is 0 Å². The largest absolute Gasteiger partial charge is 0.383 e. The van der Waals surface area contributed by atoms with Crippen LogP contribution in [0.4, 0.5) is 0 Å². The molecule has 0 bridgehead atoms. The summed E-state index contributed by atoms with van der Waals surface area (Å²) in [5.41, 5.74) is 0.618. The van der Waals surface area contributed by atoms with Crippen molar-refractivity contribution >= 4 is 34.3 Å². The van der Waals surface area contributed by atoms with Crippen molar-refractivity contribution in [3.63, 3.8) is 0 Å². The summed E-state index contributed by atoms with van der Waals surface area (Å²) >= 11 is 7.61. The van der Waals surface area contributed by atoms with Gasteiger partial charge < -0.3 is 4.74 Å². The Morgan fingerprint density at radius 3 is 2.95 bits per heavy atom. The summed E-state index contributed by atoms with van der Waals surface area (Å²) in [4.78, 5) is 17.2. The van der Waals surface area contributed by atoms with Gasteiger partial charge in [-0.1, -0.05) is 36.7 Å². The van der Waals surface area contributed by atoms with E-state index in [1.165, 1.54) is 0 Å². The summed E-state index contributed by atoms with van der Waals surface area (Å²) in [5, 5.41) is 1.92. The number of ether oxygens (including phenoxy) is 1.